The van der Waals surface area contributed by atoms with E-state index in [1.54, 1.807) is 0 Å². The van der Waals surface area contributed by atoms with Gasteiger partial charge in [0.25, 0.3) is 0 Å². The van der Waals surface area contributed by atoms with Gasteiger partial charge in [-0.15, -0.1) is 0 Å². The first kappa shape index (κ1) is 7.56. The predicted octanol–water partition coefficient (Wildman–Crippen LogP) is -0.685. The number of nitrogens with one attached hydrogen (secondary N) is 1. The number of hydrogen-bond acceptors (Lipinski definition) is 2. The first-order valence-electron chi connectivity index (χ1n) is 1.80. The topological polar surface area (TPSA) is 52.2 Å². The molecule has 1 N–H and O–H groups in total. The van der Waals surface area contributed by atoms with Gasteiger partial charge in [-0.2, -0.15) is 0 Å². The molecule has 0 aromatic rings. The van der Waals surface area contributed by atoms with E-state index >= 15 is 0 Å². The molecule has 0 heterocycles. The Morgan fingerprint density at radius 3 is 2.88 bits per heavy atom. The molecule has 0 aromatic carbocycles. The van der Waals surface area contributed by atoms with Crippen LogP contribution in [0, 0.1) is 9.85 Å². The van der Waals surface area contributed by atoms with Crippen LogP contribution in [0.15, 0.2) is 0 Å². The molecule has 0 aromatic heterocycles. The van der Waals surface area contributed by atoms with Crippen molar-refractivity contribution in [2.24, 2.45) is 0 Å². The second-order valence-electron chi connectivity index (χ2n) is 0.912. The Morgan fingerprint density at radius 2 is 2.50 bits per heavy atom. The molecule has 0 fully saturated rings. The summed E-state index contributed by atoms with van der Waals surface area (Å²) in [5.41, 5.74) is 0. The Labute approximate surface area is 60.6 Å². The van der Waals surface area contributed by atoms with Crippen LogP contribution >= 0.6 is 22.6 Å². The van der Waals surface area contributed by atoms with E-state index in [0.29, 0.717) is 0 Å². The molecule has 0 unspecified atom stereocenters. The Morgan fingerprint density at radius 1 is 1.88 bits per heavy atom. The predicted molar refractivity (Wildman–Crippen MR) is 35.2 cm³/mol. The van der Waals surface area contributed by atoms with Gasteiger partial charge in [-0.3, -0.25) is 0 Å². The van der Waals surface area contributed by atoms with Crippen LogP contribution in [0.4, 0.5) is 4.79 Å². The molecule has 44 valence electrons. The maximum Gasteiger partial charge on any atom is 0.134 e. The first-order chi connectivity index (χ1) is 3.77. The Kier molecular flexibility index (Phi) is 4.45. The van der Waals surface area contributed by atoms with Crippen molar-refractivity contribution in [1.29, 1.82) is 0 Å². The molecule has 0 aliphatic carbocycles. The minimum Gasteiger partial charge on any atom is -0.530 e. The Hall–Kier alpha value is -0.440. The molecule has 1 amide bonds. The summed E-state index contributed by atoms with van der Waals surface area (Å²) >= 11 is 1.82. The zero-order chi connectivity index (χ0) is 6.41. The number of amides is 1. The van der Waals surface area contributed by atoms with Crippen LogP contribution in [0.25, 0.3) is 0 Å². The average molecular weight is 224 g/mol. The highest BCUT2D eigenvalue weighted by molar-refractivity contribution is 14.1. The van der Waals surface area contributed by atoms with Crippen molar-refractivity contribution < 1.29 is 9.90 Å². The van der Waals surface area contributed by atoms with Gasteiger partial charge in [-0.05, 0) is 3.93 Å². The summed E-state index contributed by atoms with van der Waals surface area (Å²) in [5, 5.41) is 11.6. The number of halogens is 1. The molecule has 0 aliphatic rings. The van der Waals surface area contributed by atoms with E-state index in [1.165, 1.54) is 0 Å². The second-order valence-corrected chi connectivity index (χ2v) is 1.45. The van der Waals surface area contributed by atoms with E-state index in [4.69, 9.17) is 0 Å². The molecule has 0 bridgehead atoms. The third kappa shape index (κ3) is 5.56. The Bertz CT molecular complexity index is 135. The lowest BCUT2D eigenvalue weighted by Gasteiger charge is -1.98. The minimum absolute atomic E-state index is 0.144. The monoisotopic (exact) mass is 224 g/mol. The number of rotatable bonds is 1. The van der Waals surface area contributed by atoms with E-state index < -0.39 is 6.09 Å². The lowest BCUT2D eigenvalue weighted by atomic mass is 10.7. The minimum atomic E-state index is -1.29. The SMILES string of the molecule is O=C([O-])NCC#CI. The molecule has 8 heavy (non-hydrogen) atoms. The van der Waals surface area contributed by atoms with Crippen molar-refractivity contribution in [3.8, 4) is 9.85 Å². The van der Waals surface area contributed by atoms with E-state index in [2.05, 4.69) is 9.85 Å². The molecular formula is C4H3INO2-. The number of carbonyl (C=O) groups excluding carboxylic acids is 1. The summed E-state index contributed by atoms with van der Waals surface area (Å²) in [6.07, 6.45) is -1.29. The number of carbonyl (C=O) groups is 1. The van der Waals surface area contributed by atoms with Crippen LogP contribution < -0.4 is 10.4 Å². The molecule has 0 saturated heterocycles. The summed E-state index contributed by atoms with van der Waals surface area (Å²) in [4.78, 5) is 9.58. The van der Waals surface area contributed by atoms with Crippen molar-refractivity contribution in [3.05, 3.63) is 0 Å². The standard InChI is InChI=1S/C4H4INO2/c5-2-1-3-6-4(7)8/h6H,3H2,(H,7,8)/p-1. The first-order valence-corrected chi connectivity index (χ1v) is 2.88. The molecule has 0 atom stereocenters. The number of carboxylic acid groups (broad SMARTS) is 1. The average Bonchev–Trinajstić information content (AvgIpc) is 1.66. The van der Waals surface area contributed by atoms with Gasteiger partial charge in [0.2, 0.25) is 0 Å². The zero-order valence-electron chi connectivity index (χ0n) is 3.90. The van der Waals surface area contributed by atoms with Gasteiger partial charge >= 0.3 is 0 Å². The third-order valence-electron chi connectivity index (χ3n) is 0.388. The summed E-state index contributed by atoms with van der Waals surface area (Å²) in [6, 6.07) is 0. The van der Waals surface area contributed by atoms with Crippen molar-refractivity contribution in [2.75, 3.05) is 6.54 Å². The van der Waals surface area contributed by atoms with Gasteiger partial charge in [-0.1, -0.05) is 5.92 Å². The zero-order valence-corrected chi connectivity index (χ0v) is 6.06. The normalized spacial score (nSPS) is 6.62. The van der Waals surface area contributed by atoms with Gasteiger partial charge in [0.1, 0.15) is 6.09 Å². The van der Waals surface area contributed by atoms with Crippen LogP contribution in [0.1, 0.15) is 0 Å². The smallest absolute Gasteiger partial charge is 0.134 e. The molecule has 0 spiro atoms. The highest BCUT2D eigenvalue weighted by Crippen LogP contribution is 1.67. The molecule has 4 heteroatoms. The van der Waals surface area contributed by atoms with Crippen molar-refractivity contribution in [3.63, 3.8) is 0 Å². The molecule has 0 saturated carbocycles. The van der Waals surface area contributed by atoms with Crippen LogP contribution in [-0.4, -0.2) is 12.6 Å². The van der Waals surface area contributed by atoms with Gasteiger partial charge in [0.05, 0.1) is 6.54 Å². The van der Waals surface area contributed by atoms with Gasteiger partial charge < -0.3 is 15.2 Å². The third-order valence-corrected chi connectivity index (χ3v) is 0.769. The van der Waals surface area contributed by atoms with Crippen LogP contribution in [0.3, 0.4) is 0 Å². The van der Waals surface area contributed by atoms with Crippen LogP contribution in [0.5, 0.6) is 0 Å². The molecule has 3 nitrogen and oxygen atoms in total. The highest BCUT2D eigenvalue weighted by Gasteiger charge is 1.73. The fraction of sp³-hybridized carbons (Fsp3) is 0.250. The largest absolute Gasteiger partial charge is 0.530 e. The summed E-state index contributed by atoms with van der Waals surface area (Å²) in [6.45, 7) is 0.144. The van der Waals surface area contributed by atoms with E-state index in [-0.39, 0.29) is 6.54 Å². The lowest BCUT2D eigenvalue weighted by molar-refractivity contribution is -0.250. The summed E-state index contributed by atoms with van der Waals surface area (Å²) in [7, 11) is 0. The van der Waals surface area contributed by atoms with Crippen molar-refractivity contribution >= 4 is 28.7 Å². The maximum atomic E-state index is 9.58. The lowest BCUT2D eigenvalue weighted by Crippen LogP contribution is -2.36. The Balaban J connectivity index is 3.14. The van der Waals surface area contributed by atoms with Gasteiger partial charge in [0, 0.05) is 22.6 Å². The molecule has 0 radical (unpaired) electrons. The van der Waals surface area contributed by atoms with E-state index in [1.807, 2.05) is 27.9 Å². The van der Waals surface area contributed by atoms with Gasteiger partial charge in [-0.25, -0.2) is 0 Å². The summed E-state index contributed by atoms with van der Waals surface area (Å²) < 4.78 is 2.49. The van der Waals surface area contributed by atoms with Crippen molar-refractivity contribution in [2.45, 2.75) is 0 Å². The molecular weight excluding hydrogens is 221 g/mol. The van der Waals surface area contributed by atoms with Crippen LogP contribution in [0.2, 0.25) is 0 Å². The highest BCUT2D eigenvalue weighted by atomic mass is 127. The quantitative estimate of drug-likeness (QED) is 0.473. The molecule has 0 aliphatic heterocycles. The van der Waals surface area contributed by atoms with E-state index in [9.17, 15) is 9.90 Å². The number of hydrogen-bond donors (Lipinski definition) is 1. The summed E-state index contributed by atoms with van der Waals surface area (Å²) in [5.74, 6) is 2.48. The van der Waals surface area contributed by atoms with E-state index in [0.717, 1.165) is 0 Å². The fourth-order valence-electron chi connectivity index (χ4n) is 0.150. The van der Waals surface area contributed by atoms with Crippen LogP contribution in [-0.2, 0) is 0 Å². The second kappa shape index (κ2) is 4.71. The van der Waals surface area contributed by atoms with Crippen molar-refractivity contribution in [1.82, 2.24) is 5.32 Å². The van der Waals surface area contributed by atoms with Gasteiger partial charge in [0.15, 0.2) is 0 Å². The fourth-order valence-corrected chi connectivity index (χ4v) is 0.340. The molecule has 0 rings (SSSR count). The maximum absolute atomic E-state index is 9.58.